The molecule has 0 saturated heterocycles. The summed E-state index contributed by atoms with van der Waals surface area (Å²) >= 11 is 0. The smallest absolute Gasteiger partial charge is 0.456 e. The van der Waals surface area contributed by atoms with Gasteiger partial charge in [-0.25, -0.2) is 4.98 Å². The Balaban J connectivity index is 1.43. The second kappa shape index (κ2) is 9.54. The average Bonchev–Trinajstić information content (AvgIpc) is 3.23. The van der Waals surface area contributed by atoms with Crippen LogP contribution in [0.3, 0.4) is 0 Å². The van der Waals surface area contributed by atoms with Gasteiger partial charge in [0.05, 0.1) is 16.6 Å². The molecule has 4 nitrogen and oxygen atoms in total. The number of aromatic amines is 1. The maximum Gasteiger partial charge on any atom is 0.456 e. The largest absolute Gasteiger partial charge is 0.487 e. The highest BCUT2D eigenvalue weighted by molar-refractivity contribution is 5.83. The highest BCUT2D eigenvalue weighted by Gasteiger charge is 2.58. The summed E-state index contributed by atoms with van der Waals surface area (Å²) in [4.78, 5) is 7.92. The molecule has 0 bridgehead atoms. The number of aliphatic hydroxyl groups is 1. The van der Waals surface area contributed by atoms with Crippen molar-refractivity contribution in [2.45, 2.75) is 44.4 Å². The van der Waals surface area contributed by atoms with Gasteiger partial charge in [-0.3, -0.25) is 0 Å². The molecule has 3 aromatic carbocycles. The maximum absolute atomic E-state index is 13.0. The Kier molecular flexibility index (Phi) is 6.79. The van der Waals surface area contributed by atoms with Gasteiger partial charge < -0.3 is 14.8 Å². The molecule has 4 aromatic rings. The van der Waals surface area contributed by atoms with Crippen molar-refractivity contribution >= 4 is 11.0 Å². The zero-order valence-electron chi connectivity index (χ0n) is 19.7. The summed E-state index contributed by atoms with van der Waals surface area (Å²) in [6.45, 7) is 1.72. The first kappa shape index (κ1) is 25.6. The van der Waals surface area contributed by atoms with E-state index in [1.54, 1.807) is 26.0 Å². The SMILES string of the molecule is CC(C)(O)c1ccccc1-c1ccc2nc(CCc3ccc(OCC(F)(F)C(F)(F)F)cc3)[nH]c2c1. The summed E-state index contributed by atoms with van der Waals surface area (Å²) in [7, 11) is 0. The van der Waals surface area contributed by atoms with E-state index in [4.69, 9.17) is 0 Å². The highest BCUT2D eigenvalue weighted by Crippen LogP contribution is 2.36. The number of hydrogen-bond donors (Lipinski definition) is 2. The van der Waals surface area contributed by atoms with E-state index in [9.17, 15) is 27.1 Å². The number of alkyl halides is 5. The normalized spacial score (nSPS) is 12.8. The van der Waals surface area contributed by atoms with E-state index in [-0.39, 0.29) is 5.75 Å². The molecule has 9 heteroatoms. The number of aromatic nitrogens is 2. The number of halogens is 5. The Morgan fingerprint density at radius 1 is 0.889 bits per heavy atom. The van der Waals surface area contributed by atoms with Gasteiger partial charge in [-0.1, -0.05) is 42.5 Å². The molecule has 0 radical (unpaired) electrons. The summed E-state index contributed by atoms with van der Waals surface area (Å²) in [6, 6.07) is 19.5. The molecular formula is C27H25F5N2O2. The van der Waals surface area contributed by atoms with E-state index >= 15 is 0 Å². The van der Waals surface area contributed by atoms with Crippen LogP contribution in [0.15, 0.2) is 66.7 Å². The molecular weight excluding hydrogens is 479 g/mol. The van der Waals surface area contributed by atoms with Crippen molar-refractivity contribution in [1.29, 1.82) is 0 Å². The van der Waals surface area contributed by atoms with Crippen LogP contribution in [0, 0.1) is 0 Å². The minimum atomic E-state index is -5.65. The number of nitrogens with one attached hydrogen (secondary N) is 1. The molecule has 0 amide bonds. The summed E-state index contributed by atoms with van der Waals surface area (Å²) in [6.07, 6.45) is -4.51. The number of rotatable bonds is 8. The first-order valence-electron chi connectivity index (χ1n) is 11.3. The van der Waals surface area contributed by atoms with Gasteiger partial charge in [-0.2, -0.15) is 22.0 Å². The van der Waals surface area contributed by atoms with Gasteiger partial charge in [0.25, 0.3) is 0 Å². The first-order valence-corrected chi connectivity index (χ1v) is 11.3. The van der Waals surface area contributed by atoms with E-state index in [0.717, 1.165) is 39.1 Å². The lowest BCUT2D eigenvalue weighted by molar-refractivity contribution is -0.290. The number of benzene rings is 3. The van der Waals surface area contributed by atoms with Crippen molar-refractivity contribution in [3.05, 3.63) is 83.7 Å². The fourth-order valence-electron chi connectivity index (χ4n) is 3.89. The second-order valence-electron chi connectivity index (χ2n) is 9.15. The van der Waals surface area contributed by atoms with Gasteiger partial charge in [-0.15, -0.1) is 0 Å². The Labute approximate surface area is 204 Å². The second-order valence-corrected chi connectivity index (χ2v) is 9.15. The Bertz CT molecular complexity index is 1340. The van der Waals surface area contributed by atoms with E-state index in [0.29, 0.717) is 12.8 Å². The lowest BCUT2D eigenvalue weighted by atomic mass is 9.89. The van der Waals surface area contributed by atoms with E-state index in [1.165, 1.54) is 12.1 Å². The molecule has 0 saturated carbocycles. The van der Waals surface area contributed by atoms with Crippen molar-refractivity contribution < 1.29 is 31.8 Å². The van der Waals surface area contributed by atoms with Gasteiger partial charge >= 0.3 is 12.1 Å². The van der Waals surface area contributed by atoms with Gasteiger partial charge in [0.1, 0.15) is 11.6 Å². The fraction of sp³-hybridized carbons (Fsp3) is 0.296. The molecule has 0 unspecified atom stereocenters. The van der Waals surface area contributed by atoms with Crippen LogP contribution < -0.4 is 4.74 Å². The number of H-pyrrole nitrogens is 1. The van der Waals surface area contributed by atoms with Crippen molar-refractivity contribution in [3.8, 4) is 16.9 Å². The van der Waals surface area contributed by atoms with Gasteiger partial charge in [-0.05, 0) is 66.8 Å². The minimum absolute atomic E-state index is 0.0646. The van der Waals surface area contributed by atoms with Crippen LogP contribution in [0.4, 0.5) is 22.0 Å². The molecule has 0 aliphatic heterocycles. The molecule has 1 aromatic heterocycles. The Morgan fingerprint density at radius 2 is 1.58 bits per heavy atom. The van der Waals surface area contributed by atoms with Gasteiger partial charge in [0.2, 0.25) is 0 Å². The minimum Gasteiger partial charge on any atom is -0.487 e. The van der Waals surface area contributed by atoms with Gasteiger partial charge in [0.15, 0.2) is 6.61 Å². The molecule has 36 heavy (non-hydrogen) atoms. The molecule has 0 atom stereocenters. The zero-order chi connectivity index (χ0) is 26.1. The predicted octanol–water partition coefficient (Wildman–Crippen LogP) is 6.82. The third-order valence-electron chi connectivity index (χ3n) is 5.84. The molecule has 1 heterocycles. The quantitative estimate of drug-likeness (QED) is 0.259. The molecule has 0 aliphatic carbocycles. The predicted molar refractivity (Wildman–Crippen MR) is 127 cm³/mol. The maximum atomic E-state index is 13.0. The number of imidazole rings is 1. The summed E-state index contributed by atoms with van der Waals surface area (Å²) in [5.74, 6) is -4.23. The molecule has 2 N–H and O–H groups in total. The first-order chi connectivity index (χ1) is 16.8. The lowest BCUT2D eigenvalue weighted by Gasteiger charge is -2.21. The Hall–Kier alpha value is -3.46. The van der Waals surface area contributed by atoms with Crippen molar-refractivity contribution in [2.24, 2.45) is 0 Å². The third kappa shape index (κ3) is 5.67. The third-order valence-corrected chi connectivity index (χ3v) is 5.84. The van der Waals surface area contributed by atoms with Crippen LogP contribution in [-0.2, 0) is 18.4 Å². The number of fused-ring (bicyclic) bond motifs is 1. The van der Waals surface area contributed by atoms with Crippen LogP contribution in [0.25, 0.3) is 22.2 Å². The standard InChI is InChI=1S/C27H25F5N2O2/c1-25(2,35)21-6-4-3-5-20(21)18-10-13-22-23(15-18)34-24(33-22)14-9-17-7-11-19(12-8-17)36-16-26(28,29)27(30,31)32/h3-8,10-13,15,35H,9,14,16H2,1-2H3,(H,33,34). The molecule has 4 rings (SSSR count). The van der Waals surface area contributed by atoms with Crippen LogP contribution in [0.5, 0.6) is 5.75 Å². The van der Waals surface area contributed by atoms with Crippen LogP contribution in [0.2, 0.25) is 0 Å². The fourth-order valence-corrected chi connectivity index (χ4v) is 3.89. The summed E-state index contributed by atoms with van der Waals surface area (Å²) < 4.78 is 67.4. The monoisotopic (exact) mass is 504 g/mol. The van der Waals surface area contributed by atoms with Crippen molar-refractivity contribution in [1.82, 2.24) is 9.97 Å². The number of nitrogens with zero attached hydrogens (tertiary/aromatic N) is 1. The van der Waals surface area contributed by atoms with E-state index in [2.05, 4.69) is 14.7 Å². The number of aryl methyl sites for hydroxylation is 2. The molecule has 0 fully saturated rings. The van der Waals surface area contributed by atoms with Crippen LogP contribution in [-0.4, -0.2) is 33.8 Å². The molecule has 190 valence electrons. The van der Waals surface area contributed by atoms with Crippen molar-refractivity contribution in [2.75, 3.05) is 6.61 Å². The average molecular weight is 504 g/mol. The molecule has 0 spiro atoms. The lowest BCUT2D eigenvalue weighted by Crippen LogP contribution is -2.41. The van der Waals surface area contributed by atoms with E-state index in [1.807, 2.05) is 42.5 Å². The highest BCUT2D eigenvalue weighted by atomic mass is 19.4. The van der Waals surface area contributed by atoms with Crippen LogP contribution >= 0.6 is 0 Å². The van der Waals surface area contributed by atoms with Gasteiger partial charge in [0, 0.05) is 6.42 Å². The van der Waals surface area contributed by atoms with E-state index < -0.39 is 24.3 Å². The zero-order valence-corrected chi connectivity index (χ0v) is 19.7. The topological polar surface area (TPSA) is 58.1 Å². The van der Waals surface area contributed by atoms with Crippen molar-refractivity contribution in [3.63, 3.8) is 0 Å². The number of hydrogen-bond acceptors (Lipinski definition) is 3. The van der Waals surface area contributed by atoms with Crippen LogP contribution in [0.1, 0.15) is 30.8 Å². The summed E-state index contributed by atoms with van der Waals surface area (Å²) in [5, 5.41) is 10.5. The Morgan fingerprint density at radius 3 is 2.25 bits per heavy atom. The number of ether oxygens (including phenoxy) is 1. The summed E-state index contributed by atoms with van der Waals surface area (Å²) in [5.41, 5.74) is 4.19. The molecule has 0 aliphatic rings.